The Bertz CT molecular complexity index is 1100. The molecule has 7 nitrogen and oxygen atoms in total. The Labute approximate surface area is 201 Å². The fourth-order valence-corrected chi connectivity index (χ4v) is 5.02. The van der Waals surface area contributed by atoms with Gasteiger partial charge in [-0.25, -0.2) is 9.37 Å². The lowest BCUT2D eigenvalue weighted by Gasteiger charge is -2.14. The van der Waals surface area contributed by atoms with Gasteiger partial charge in [-0.2, -0.15) is 0 Å². The van der Waals surface area contributed by atoms with Crippen molar-refractivity contribution in [3.63, 3.8) is 0 Å². The average molecular weight is 491 g/mol. The summed E-state index contributed by atoms with van der Waals surface area (Å²) in [5.74, 6) is -0.519. The summed E-state index contributed by atoms with van der Waals surface area (Å²) >= 11 is 2.13. The molecule has 1 aliphatic rings. The lowest BCUT2D eigenvalue weighted by atomic mass is 10.2. The number of nitrogens with one attached hydrogen (secondary N) is 1. The van der Waals surface area contributed by atoms with Gasteiger partial charge in [-0.05, 0) is 43.7 Å². The van der Waals surface area contributed by atoms with E-state index in [-0.39, 0.29) is 35.2 Å². The molecule has 0 atom stereocenters. The monoisotopic (exact) mass is 490 g/mol. The van der Waals surface area contributed by atoms with Crippen molar-refractivity contribution in [3.8, 4) is 0 Å². The van der Waals surface area contributed by atoms with Gasteiger partial charge in [0, 0.05) is 30.9 Å². The molecule has 1 aromatic carbocycles. The normalized spacial score (nSPS) is 15.2. The summed E-state index contributed by atoms with van der Waals surface area (Å²) < 4.78 is 16.0. The van der Waals surface area contributed by atoms with Gasteiger partial charge in [0.15, 0.2) is 5.16 Å². The third-order valence-corrected chi connectivity index (χ3v) is 6.91. The second-order valence-corrected chi connectivity index (χ2v) is 10.00. The van der Waals surface area contributed by atoms with Crippen LogP contribution in [0.1, 0.15) is 30.8 Å². The van der Waals surface area contributed by atoms with E-state index < -0.39 is 17.0 Å². The van der Waals surface area contributed by atoms with Gasteiger partial charge in [0.25, 0.3) is 11.1 Å². The van der Waals surface area contributed by atoms with Crippen LogP contribution >= 0.6 is 23.5 Å². The number of halogens is 1. The number of hydrogen-bond donors (Lipinski definition) is 1. The maximum absolute atomic E-state index is 13.8. The molecule has 3 amide bonds. The summed E-state index contributed by atoms with van der Waals surface area (Å²) in [4.78, 5) is 42.9. The third kappa shape index (κ3) is 6.26. The summed E-state index contributed by atoms with van der Waals surface area (Å²) in [7, 11) is 0. The van der Waals surface area contributed by atoms with E-state index in [2.05, 4.69) is 28.7 Å². The molecule has 10 heteroatoms. The molecule has 1 N–H and O–H groups in total. The Hall–Kier alpha value is -2.59. The van der Waals surface area contributed by atoms with Gasteiger partial charge in [-0.15, -0.1) is 0 Å². The van der Waals surface area contributed by atoms with Crippen molar-refractivity contribution >= 4 is 46.7 Å². The molecule has 1 aliphatic heterocycles. The highest BCUT2D eigenvalue weighted by Gasteiger charge is 2.34. The fraction of sp³-hybridized carbons (Fsp3) is 0.391. The van der Waals surface area contributed by atoms with Gasteiger partial charge in [-0.3, -0.25) is 19.3 Å². The number of rotatable bonds is 9. The predicted molar refractivity (Wildman–Crippen MR) is 129 cm³/mol. The molecule has 0 unspecified atom stereocenters. The maximum Gasteiger partial charge on any atom is 0.293 e. The van der Waals surface area contributed by atoms with Crippen LogP contribution in [0, 0.1) is 25.6 Å². The molecule has 33 heavy (non-hydrogen) atoms. The van der Waals surface area contributed by atoms with Gasteiger partial charge in [-0.1, -0.05) is 43.8 Å². The van der Waals surface area contributed by atoms with E-state index in [0.717, 1.165) is 39.8 Å². The first-order chi connectivity index (χ1) is 15.7. The Kier molecular flexibility index (Phi) is 8.36. The van der Waals surface area contributed by atoms with Gasteiger partial charge >= 0.3 is 0 Å². The van der Waals surface area contributed by atoms with Crippen LogP contribution in [0.2, 0.25) is 0 Å². The number of benzene rings is 1. The zero-order chi connectivity index (χ0) is 24.1. The number of carbonyl (C=O) groups is 3. The van der Waals surface area contributed by atoms with E-state index in [1.54, 1.807) is 12.1 Å². The molecule has 1 aromatic heterocycles. The first-order valence-electron chi connectivity index (χ1n) is 10.6. The number of nitrogens with zero attached hydrogens (tertiary/aromatic N) is 3. The highest BCUT2D eigenvalue weighted by atomic mass is 32.2. The molecule has 3 rings (SSSR count). The molecule has 1 fully saturated rings. The fourth-order valence-electron chi connectivity index (χ4n) is 3.23. The Morgan fingerprint density at radius 2 is 2.00 bits per heavy atom. The van der Waals surface area contributed by atoms with Crippen molar-refractivity contribution in [1.82, 2.24) is 19.8 Å². The second kappa shape index (κ2) is 11.0. The third-order valence-electron chi connectivity index (χ3n) is 5.03. The van der Waals surface area contributed by atoms with Crippen LogP contribution in [0.4, 0.5) is 9.18 Å². The molecule has 0 saturated carbocycles. The van der Waals surface area contributed by atoms with Crippen LogP contribution in [0.15, 0.2) is 34.3 Å². The quantitative estimate of drug-likeness (QED) is 0.418. The maximum atomic E-state index is 13.8. The molecule has 0 aliphatic carbocycles. The van der Waals surface area contributed by atoms with Crippen molar-refractivity contribution in [1.29, 1.82) is 0 Å². The number of amides is 3. The highest BCUT2D eigenvalue weighted by molar-refractivity contribution is 8.18. The summed E-state index contributed by atoms with van der Waals surface area (Å²) in [6.45, 7) is 9.26. The van der Waals surface area contributed by atoms with Crippen molar-refractivity contribution < 1.29 is 18.8 Å². The number of carbonyl (C=O) groups excluding carboxylic acids is 3. The summed E-state index contributed by atoms with van der Waals surface area (Å²) in [6.07, 6.45) is 1.37. The molecule has 2 aromatic rings. The highest BCUT2D eigenvalue weighted by Crippen LogP contribution is 2.32. The van der Waals surface area contributed by atoms with Crippen molar-refractivity contribution in [2.75, 3.05) is 18.8 Å². The first kappa shape index (κ1) is 25.0. The van der Waals surface area contributed by atoms with Crippen molar-refractivity contribution in [2.24, 2.45) is 5.92 Å². The van der Waals surface area contributed by atoms with E-state index in [9.17, 15) is 18.8 Å². The van der Waals surface area contributed by atoms with Gasteiger partial charge in [0.2, 0.25) is 5.91 Å². The predicted octanol–water partition coefficient (Wildman–Crippen LogP) is 4.24. The molecule has 2 heterocycles. The molecular weight excluding hydrogens is 463 g/mol. The lowest BCUT2D eigenvalue weighted by Crippen LogP contribution is -2.37. The number of hydrogen-bond acceptors (Lipinski definition) is 6. The number of aromatic nitrogens is 2. The molecule has 0 radical (unpaired) electrons. The van der Waals surface area contributed by atoms with Crippen LogP contribution < -0.4 is 5.32 Å². The summed E-state index contributed by atoms with van der Waals surface area (Å²) in [5, 5.41) is 3.11. The molecule has 0 bridgehead atoms. The summed E-state index contributed by atoms with van der Waals surface area (Å²) in [6, 6.07) is 6.04. The largest absolute Gasteiger partial charge is 0.354 e. The van der Waals surface area contributed by atoms with Gasteiger partial charge in [0.1, 0.15) is 5.82 Å². The lowest BCUT2D eigenvalue weighted by molar-refractivity contribution is -0.123. The van der Waals surface area contributed by atoms with Crippen LogP contribution in [-0.2, 0) is 16.1 Å². The SMILES string of the molecule is Cc1nc(SCC(=O)NCCN2C(=O)S/C(=C\c3ccccc3F)C2=O)n(CC(C)C)c1C. The van der Waals surface area contributed by atoms with Crippen molar-refractivity contribution in [2.45, 2.75) is 39.4 Å². The van der Waals surface area contributed by atoms with E-state index in [0.29, 0.717) is 5.92 Å². The number of thioether (sulfide) groups is 2. The molecule has 1 saturated heterocycles. The van der Waals surface area contributed by atoms with Crippen LogP contribution in [0.25, 0.3) is 6.08 Å². The molecular formula is C23H27FN4O3S2. The van der Waals surface area contributed by atoms with Crippen LogP contribution in [-0.4, -0.2) is 50.3 Å². The van der Waals surface area contributed by atoms with E-state index in [4.69, 9.17) is 0 Å². The van der Waals surface area contributed by atoms with E-state index in [1.165, 1.54) is 30.0 Å². The number of imidazole rings is 1. The number of aryl methyl sites for hydroxylation is 1. The second-order valence-electron chi connectivity index (χ2n) is 8.06. The number of imide groups is 1. The Morgan fingerprint density at radius 3 is 2.70 bits per heavy atom. The minimum Gasteiger partial charge on any atom is -0.354 e. The Balaban J connectivity index is 1.51. The van der Waals surface area contributed by atoms with Crippen molar-refractivity contribution in [3.05, 3.63) is 51.9 Å². The topological polar surface area (TPSA) is 84.3 Å². The zero-order valence-electron chi connectivity index (χ0n) is 19.1. The average Bonchev–Trinajstić information content (AvgIpc) is 3.17. The van der Waals surface area contributed by atoms with E-state index in [1.807, 2.05) is 13.8 Å². The van der Waals surface area contributed by atoms with E-state index >= 15 is 0 Å². The molecule has 0 spiro atoms. The minimum absolute atomic E-state index is 0.0515. The van der Waals surface area contributed by atoms with Gasteiger partial charge in [0.05, 0.1) is 16.4 Å². The minimum atomic E-state index is -0.487. The van der Waals surface area contributed by atoms with Gasteiger partial charge < -0.3 is 9.88 Å². The summed E-state index contributed by atoms with van der Waals surface area (Å²) in [5.41, 5.74) is 2.28. The standard InChI is InChI=1S/C23H27FN4O3S2/c1-14(2)12-28-16(4)15(3)26-22(28)32-13-20(29)25-9-10-27-21(30)19(33-23(27)31)11-17-7-5-6-8-18(17)24/h5-8,11,14H,9-10,12-13H2,1-4H3,(H,25,29)/b19-11-. The van der Waals surface area contributed by atoms with Crippen LogP contribution in [0.3, 0.4) is 0 Å². The molecule has 176 valence electrons. The Morgan fingerprint density at radius 1 is 1.27 bits per heavy atom. The van der Waals surface area contributed by atoms with Crippen LogP contribution in [0.5, 0.6) is 0 Å². The smallest absolute Gasteiger partial charge is 0.293 e. The zero-order valence-corrected chi connectivity index (χ0v) is 20.7. The first-order valence-corrected chi connectivity index (χ1v) is 12.4.